The lowest BCUT2D eigenvalue weighted by Crippen LogP contribution is -2.18. The first kappa shape index (κ1) is 82.0. The second-order valence-corrected chi connectivity index (χ2v) is 34.2. The molecule has 0 radical (unpaired) electrons. The van der Waals surface area contributed by atoms with E-state index in [1.54, 1.807) is 55.4 Å². The SMILES string of the molecule is CC(C)(C)c1nc2ccccc2c(-n2ccc3cnccc32)c1F.CCc1nc2cnccc2n1-c1nc(-c2ccccc2F)nc2ccccc12.Fc1c(-c2ccc3ccccc3c2)nc2ccccc2c1-n1ccc2cnccc21.c1ccc2c(-n3ccc4cnccc43)nc(C3CCCC3)nc2c1.c1ccc2c(-n3ccc4cnccc43)nc(C3CCCCC3)nc2c1. The molecule has 0 spiro atoms. The predicted octanol–water partition coefficient (Wildman–Crippen LogP) is 25.9. The fraction of sp³-hybridized carbons (Fsp3) is 0.156. The zero-order valence-electron chi connectivity index (χ0n) is 72.5. The quantitative estimate of drug-likeness (QED) is 0.125. The monoisotopic (exact) mass is 1720 g/mol. The molecule has 2 saturated carbocycles. The Morgan fingerprint density at radius 2 is 0.740 bits per heavy atom. The molecule has 0 saturated heterocycles. The number of para-hydroxylation sites is 5. The number of fused-ring (bicyclic) bond motifs is 11. The van der Waals surface area contributed by atoms with Crippen molar-refractivity contribution in [3.05, 3.63) is 370 Å². The van der Waals surface area contributed by atoms with Crippen LogP contribution in [0.25, 0.3) is 171 Å². The second kappa shape index (κ2) is 35.3. The van der Waals surface area contributed by atoms with Crippen molar-refractivity contribution in [2.24, 2.45) is 0 Å². The standard InChI is InChI=1S/C26H16FN3.C22H16FN5.C21H20N4.C20H18FN3.C20H18N4/c27-24-25(19-10-9-17-5-1-2-6-18(17)15-19)29-22-8-4-3-7-21(22)26(24)30-14-12-20-16-28-13-11-23(20)30;1-2-20-25-18-13-24-12-11-19(18)28(20)22-15-8-4-6-10-17(15)26-21(27-22)14-7-3-5-9-16(14)23;1-2-6-15(7-3-1)20-23-18-9-5-4-8-17(18)21(24-20)25-13-11-16-14-22-12-10-19(16)25;1-20(2,3)19-17(21)18(14-6-4-5-7-15(14)23-19)24-11-9-13-12-22-10-8-16(13)24;1-2-6-14(5-1)19-22-17-8-4-3-7-16(17)20(23-19)24-12-10-15-13-21-11-9-18(15)24/h1-16H;3-13H,2H2,1H3;4-5,8-15H,1-3,6-7H2;4-12H,1-3H3;3-4,7-14H,1-2,5-6H2. The van der Waals surface area contributed by atoms with Gasteiger partial charge in [0.1, 0.15) is 46.1 Å². The van der Waals surface area contributed by atoms with Gasteiger partial charge in [-0.25, -0.2) is 58.0 Å². The fourth-order valence-corrected chi connectivity index (χ4v) is 18.4. The van der Waals surface area contributed by atoms with E-state index < -0.39 is 0 Å². The summed E-state index contributed by atoms with van der Waals surface area (Å²) >= 11 is 0. The molecule has 25 rings (SSSR count). The lowest BCUT2D eigenvalue weighted by Gasteiger charge is -2.22. The molecule has 2 aliphatic rings. The van der Waals surface area contributed by atoms with E-state index in [-0.39, 0.29) is 22.9 Å². The Bertz CT molecular complexity index is 8240. The molecule has 0 N–H and O–H groups in total. The van der Waals surface area contributed by atoms with Crippen LogP contribution < -0.4 is 0 Å². The van der Waals surface area contributed by atoms with Crippen molar-refractivity contribution < 1.29 is 13.2 Å². The first-order valence-electron chi connectivity index (χ1n) is 44.5. The first-order chi connectivity index (χ1) is 64.3. The van der Waals surface area contributed by atoms with E-state index in [2.05, 4.69) is 123 Å². The van der Waals surface area contributed by atoms with Crippen LogP contribution in [0.2, 0.25) is 0 Å². The molecule has 8 aromatic carbocycles. The van der Waals surface area contributed by atoms with Gasteiger partial charge in [-0.1, -0.05) is 181 Å². The van der Waals surface area contributed by atoms with Gasteiger partial charge in [-0.2, -0.15) is 0 Å². The summed E-state index contributed by atoms with van der Waals surface area (Å²) in [6.45, 7) is 7.99. The van der Waals surface area contributed by atoms with E-state index in [4.69, 9.17) is 34.9 Å². The molecule has 15 aromatic heterocycles. The van der Waals surface area contributed by atoms with Crippen LogP contribution >= 0.6 is 0 Å². The average molecular weight is 1720 g/mol. The molecule has 0 bridgehead atoms. The summed E-state index contributed by atoms with van der Waals surface area (Å²) < 4.78 is 56.2. The third kappa shape index (κ3) is 15.9. The molecular formula is C109H88F3N19. The molecule has 2 aliphatic carbocycles. The van der Waals surface area contributed by atoms with Crippen molar-refractivity contribution in [2.45, 2.75) is 109 Å². The van der Waals surface area contributed by atoms with Gasteiger partial charge in [0.15, 0.2) is 23.3 Å². The van der Waals surface area contributed by atoms with Gasteiger partial charge < -0.3 is 18.3 Å². The van der Waals surface area contributed by atoms with Crippen LogP contribution in [0.1, 0.15) is 120 Å². The minimum Gasteiger partial charge on any atom is -0.313 e. The van der Waals surface area contributed by atoms with Gasteiger partial charge in [-0.3, -0.25) is 29.5 Å². The maximum atomic E-state index is 16.1. The number of hydrogen-bond acceptors (Lipinski definition) is 14. The fourth-order valence-electron chi connectivity index (χ4n) is 18.4. The zero-order valence-corrected chi connectivity index (χ0v) is 72.5. The largest absolute Gasteiger partial charge is 0.313 e. The highest BCUT2D eigenvalue weighted by molar-refractivity contribution is 5.98. The van der Waals surface area contributed by atoms with Gasteiger partial charge in [0, 0.05) is 158 Å². The molecule has 131 heavy (non-hydrogen) atoms. The summed E-state index contributed by atoms with van der Waals surface area (Å²) in [6, 6.07) is 78.2. The van der Waals surface area contributed by atoms with E-state index >= 15 is 8.78 Å². The normalized spacial score (nSPS) is 13.2. The van der Waals surface area contributed by atoms with Crippen molar-refractivity contribution in [2.75, 3.05) is 0 Å². The van der Waals surface area contributed by atoms with E-state index in [1.165, 1.54) is 63.9 Å². The lowest BCUT2D eigenvalue weighted by atomic mass is 9.88. The summed E-state index contributed by atoms with van der Waals surface area (Å²) in [4.78, 5) is 64.2. The molecule has 23 aromatic rings. The maximum absolute atomic E-state index is 16.1. The summed E-state index contributed by atoms with van der Waals surface area (Å²) in [5.41, 5.74) is 12.8. The van der Waals surface area contributed by atoms with Crippen molar-refractivity contribution in [3.8, 4) is 51.5 Å². The summed E-state index contributed by atoms with van der Waals surface area (Å²) in [7, 11) is 0. The molecule has 15 heterocycles. The van der Waals surface area contributed by atoms with E-state index in [0.717, 1.165) is 161 Å². The van der Waals surface area contributed by atoms with Crippen LogP contribution in [-0.4, -0.2) is 92.6 Å². The summed E-state index contributed by atoms with van der Waals surface area (Å²) in [5, 5.41) is 11.0. The third-order valence-corrected chi connectivity index (χ3v) is 24.9. The molecule has 0 aliphatic heterocycles. The molecule has 640 valence electrons. The van der Waals surface area contributed by atoms with E-state index in [9.17, 15) is 4.39 Å². The first-order valence-corrected chi connectivity index (χ1v) is 44.5. The van der Waals surface area contributed by atoms with Crippen LogP contribution in [0, 0.1) is 17.5 Å². The number of imidazole rings is 1. The highest BCUT2D eigenvalue weighted by Crippen LogP contribution is 2.41. The molecule has 22 heteroatoms. The van der Waals surface area contributed by atoms with E-state index in [0.29, 0.717) is 51.8 Å². The Labute approximate surface area is 751 Å². The molecule has 0 amide bonds. The van der Waals surface area contributed by atoms with Gasteiger partial charge in [0.2, 0.25) is 0 Å². The minimum absolute atomic E-state index is 0.268. The predicted molar refractivity (Wildman–Crippen MR) is 516 cm³/mol. The van der Waals surface area contributed by atoms with Crippen LogP contribution in [0.4, 0.5) is 13.2 Å². The Kier molecular flexibility index (Phi) is 22.1. The number of aromatic nitrogens is 19. The molecular weight excluding hydrogens is 1630 g/mol. The van der Waals surface area contributed by atoms with Crippen LogP contribution in [0.5, 0.6) is 0 Å². The van der Waals surface area contributed by atoms with Gasteiger partial charge in [-0.15, -0.1) is 0 Å². The van der Waals surface area contributed by atoms with Crippen LogP contribution in [-0.2, 0) is 11.8 Å². The van der Waals surface area contributed by atoms with Crippen LogP contribution in [0.15, 0.2) is 329 Å². The van der Waals surface area contributed by atoms with Crippen molar-refractivity contribution in [1.29, 1.82) is 0 Å². The minimum atomic E-state index is -0.382. The number of pyridine rings is 7. The third-order valence-electron chi connectivity index (χ3n) is 24.9. The highest BCUT2D eigenvalue weighted by atomic mass is 19.1. The van der Waals surface area contributed by atoms with Gasteiger partial charge in [0.05, 0.1) is 84.0 Å². The van der Waals surface area contributed by atoms with E-state index in [1.807, 2.05) is 230 Å². The Hall–Kier alpha value is -16.0. The maximum Gasteiger partial charge on any atom is 0.174 e. The van der Waals surface area contributed by atoms with Gasteiger partial charge in [-0.05, 0) is 158 Å². The summed E-state index contributed by atoms with van der Waals surface area (Å²) in [6.07, 6.45) is 38.0. The smallest absolute Gasteiger partial charge is 0.174 e. The Morgan fingerprint density at radius 3 is 1.25 bits per heavy atom. The van der Waals surface area contributed by atoms with Crippen LogP contribution in [0.3, 0.4) is 0 Å². The van der Waals surface area contributed by atoms with Gasteiger partial charge >= 0.3 is 0 Å². The number of benzene rings is 8. The lowest BCUT2D eigenvalue weighted by molar-refractivity contribution is 0.429. The van der Waals surface area contributed by atoms with Crippen molar-refractivity contribution in [1.82, 2.24) is 92.6 Å². The topological polar surface area (TPSA) is 205 Å². The Balaban J connectivity index is 0.0000000992. The number of rotatable bonds is 10. The molecule has 2 fully saturated rings. The van der Waals surface area contributed by atoms with Crippen molar-refractivity contribution in [3.63, 3.8) is 0 Å². The molecule has 19 nitrogen and oxygen atoms in total. The molecule has 0 atom stereocenters. The number of nitrogens with zero attached hydrogens (tertiary/aromatic N) is 19. The zero-order chi connectivity index (χ0) is 88.6. The average Bonchev–Trinajstić information content (AvgIpc) is 1.76. The second-order valence-electron chi connectivity index (χ2n) is 34.2. The molecule has 0 unspecified atom stereocenters. The number of halogens is 3. The van der Waals surface area contributed by atoms with Crippen molar-refractivity contribution >= 4 is 120 Å². The summed E-state index contributed by atoms with van der Waals surface area (Å²) in [5.74, 6) is 5.90. The number of aryl methyl sites for hydroxylation is 1. The number of hydrogen-bond donors (Lipinski definition) is 0. The van der Waals surface area contributed by atoms with Gasteiger partial charge in [0.25, 0.3) is 0 Å². The Morgan fingerprint density at radius 1 is 0.328 bits per heavy atom. The highest BCUT2D eigenvalue weighted by Gasteiger charge is 2.29.